The minimum atomic E-state index is -0.561. The molecule has 10 aromatic carbocycles. The van der Waals surface area contributed by atoms with Gasteiger partial charge >= 0.3 is 0 Å². The van der Waals surface area contributed by atoms with E-state index < -0.39 is 5.41 Å². The first kappa shape index (κ1) is 38.3. The third-order valence-corrected chi connectivity index (χ3v) is 15.9. The number of anilines is 3. The van der Waals surface area contributed by atoms with Gasteiger partial charge in [0.25, 0.3) is 0 Å². The Bertz CT molecular complexity index is 3630. The van der Waals surface area contributed by atoms with Crippen LogP contribution in [0.3, 0.4) is 0 Å². The summed E-state index contributed by atoms with van der Waals surface area (Å²) < 4.78 is 6.93. The molecule has 0 N–H and O–H groups in total. The number of nitrogens with zero attached hydrogens (tertiary/aromatic N) is 1. The van der Waals surface area contributed by atoms with Crippen molar-refractivity contribution in [1.29, 1.82) is 0 Å². The summed E-state index contributed by atoms with van der Waals surface area (Å²) >= 11 is 0. The molecule has 10 aromatic rings. The van der Waals surface area contributed by atoms with Gasteiger partial charge in [0.15, 0.2) is 0 Å². The molecule has 0 saturated carbocycles. The van der Waals surface area contributed by atoms with Crippen molar-refractivity contribution in [3.8, 4) is 56.0 Å². The molecule has 0 bridgehead atoms. The number of fused-ring (bicyclic) bond motifs is 17. The fourth-order valence-electron chi connectivity index (χ4n) is 12.7. The van der Waals surface area contributed by atoms with Gasteiger partial charge in [0, 0.05) is 44.4 Å². The molecular weight excluding hydrogens is 811 g/mol. The summed E-state index contributed by atoms with van der Waals surface area (Å²) in [5.74, 6) is 1.84. The lowest BCUT2D eigenvalue weighted by Gasteiger charge is -2.40. The zero-order chi connectivity index (χ0) is 44.8. The summed E-state index contributed by atoms with van der Waals surface area (Å²) in [7, 11) is 0. The first-order valence-corrected chi connectivity index (χ1v) is 23.7. The monoisotopic (exact) mass is 857 g/mol. The number of rotatable bonds is 4. The van der Waals surface area contributed by atoms with Crippen LogP contribution in [0.4, 0.5) is 17.1 Å². The predicted molar refractivity (Wildman–Crippen MR) is 277 cm³/mol. The van der Waals surface area contributed by atoms with E-state index in [4.69, 9.17) is 4.74 Å². The first-order valence-electron chi connectivity index (χ1n) is 23.7. The largest absolute Gasteiger partial charge is 0.456 e. The second kappa shape index (κ2) is 13.6. The van der Waals surface area contributed by atoms with Gasteiger partial charge in [-0.1, -0.05) is 191 Å². The number of para-hydroxylation sites is 1. The molecule has 2 nitrogen and oxygen atoms in total. The average Bonchev–Trinajstić information content (AvgIpc) is 3.88. The Balaban J connectivity index is 0.929. The smallest absolute Gasteiger partial charge is 0.140 e. The third-order valence-electron chi connectivity index (χ3n) is 15.9. The second-order valence-corrected chi connectivity index (χ2v) is 20.0. The summed E-state index contributed by atoms with van der Waals surface area (Å²) in [6, 6.07) is 79.3. The van der Waals surface area contributed by atoms with Crippen LogP contribution in [-0.4, -0.2) is 0 Å². The maximum absolute atomic E-state index is 6.93. The highest BCUT2D eigenvalue weighted by Crippen LogP contribution is 2.63. The quantitative estimate of drug-likeness (QED) is 0.175. The molecule has 0 radical (unpaired) electrons. The number of ether oxygens (including phenoxy) is 1. The molecule has 1 atom stereocenters. The molecule has 0 amide bonds. The fraction of sp³-hybridized carbons (Fsp3) is 0.108. The predicted octanol–water partition coefficient (Wildman–Crippen LogP) is 17.1. The highest BCUT2D eigenvalue weighted by atomic mass is 16.5. The Hall–Kier alpha value is -7.94. The van der Waals surface area contributed by atoms with Crippen LogP contribution in [0.5, 0.6) is 11.5 Å². The van der Waals surface area contributed by atoms with Crippen LogP contribution < -0.4 is 9.64 Å². The van der Waals surface area contributed by atoms with Crippen molar-refractivity contribution in [3.63, 3.8) is 0 Å². The Morgan fingerprint density at radius 1 is 0.328 bits per heavy atom. The molecule has 67 heavy (non-hydrogen) atoms. The van der Waals surface area contributed by atoms with Crippen LogP contribution in [-0.2, 0) is 16.2 Å². The maximum atomic E-state index is 6.93. The van der Waals surface area contributed by atoms with E-state index in [9.17, 15) is 0 Å². The van der Waals surface area contributed by atoms with E-state index in [1.165, 1.54) is 94.4 Å². The van der Waals surface area contributed by atoms with E-state index in [-0.39, 0.29) is 10.8 Å². The van der Waals surface area contributed by atoms with Gasteiger partial charge in [-0.05, 0) is 132 Å². The minimum Gasteiger partial charge on any atom is -0.456 e. The van der Waals surface area contributed by atoms with Gasteiger partial charge in [-0.3, -0.25) is 0 Å². The lowest BCUT2D eigenvalue weighted by atomic mass is 9.65. The minimum absolute atomic E-state index is 0.123. The van der Waals surface area contributed by atoms with Crippen molar-refractivity contribution in [2.24, 2.45) is 0 Å². The Labute approximate surface area is 392 Å². The van der Waals surface area contributed by atoms with Crippen LogP contribution in [0.25, 0.3) is 55.3 Å². The summed E-state index contributed by atoms with van der Waals surface area (Å²) in [6.45, 7) is 9.48. The first-order chi connectivity index (χ1) is 32.7. The number of benzene rings is 10. The lowest BCUT2D eigenvalue weighted by Crippen LogP contribution is -2.32. The van der Waals surface area contributed by atoms with Crippen LogP contribution >= 0.6 is 0 Å². The van der Waals surface area contributed by atoms with Crippen molar-refractivity contribution in [2.75, 3.05) is 4.90 Å². The van der Waals surface area contributed by atoms with E-state index >= 15 is 0 Å². The van der Waals surface area contributed by atoms with Crippen LogP contribution in [0.15, 0.2) is 212 Å². The maximum Gasteiger partial charge on any atom is 0.140 e. The van der Waals surface area contributed by atoms with Gasteiger partial charge < -0.3 is 9.64 Å². The van der Waals surface area contributed by atoms with E-state index in [1.807, 2.05) is 0 Å². The molecule has 1 spiro atoms. The van der Waals surface area contributed by atoms with E-state index in [2.05, 4.69) is 245 Å². The van der Waals surface area contributed by atoms with E-state index in [1.54, 1.807) is 0 Å². The van der Waals surface area contributed by atoms with Crippen LogP contribution in [0.1, 0.15) is 72.2 Å². The molecule has 4 aliphatic rings. The van der Waals surface area contributed by atoms with Crippen molar-refractivity contribution in [3.05, 3.63) is 257 Å². The van der Waals surface area contributed by atoms with E-state index in [0.29, 0.717) is 0 Å². The van der Waals surface area contributed by atoms with Crippen molar-refractivity contribution >= 4 is 27.8 Å². The molecule has 0 saturated heterocycles. The summed E-state index contributed by atoms with van der Waals surface area (Å²) in [5.41, 5.74) is 23.3. The molecule has 0 fully saturated rings. The molecule has 1 heterocycles. The highest BCUT2D eigenvalue weighted by Gasteiger charge is 2.51. The highest BCUT2D eigenvalue weighted by molar-refractivity contribution is 5.97. The molecule has 14 rings (SSSR count). The summed E-state index contributed by atoms with van der Waals surface area (Å²) in [6.07, 6.45) is 0. The van der Waals surface area contributed by atoms with Gasteiger partial charge in [0.05, 0.1) is 5.41 Å². The summed E-state index contributed by atoms with van der Waals surface area (Å²) in [4.78, 5) is 2.47. The standard InChI is InChI=1S/C65H47NO/c1-63(2)53-20-10-7-17-47(53)50-34-31-44(38-58(50)63)66(45-32-35-51-48-18-8-11-21-54(48)64(3,4)59(51)39-45)43-29-25-40(26-30-43)42-27-33-52-49-19-9-12-22-55(49)65(60(52)37-42)56-23-13-14-24-61(56)67-62-46-16-6-5-15-41(46)28-36-57(62)65/h5-39H,1-4H3. The zero-order valence-electron chi connectivity index (χ0n) is 38.1. The fourth-order valence-corrected chi connectivity index (χ4v) is 12.7. The third kappa shape index (κ3) is 5.10. The molecule has 1 aliphatic heterocycles. The van der Waals surface area contributed by atoms with Crippen LogP contribution in [0.2, 0.25) is 0 Å². The molecule has 0 aromatic heterocycles. The van der Waals surface area contributed by atoms with Gasteiger partial charge in [-0.25, -0.2) is 0 Å². The molecular formula is C65H47NO. The van der Waals surface area contributed by atoms with Gasteiger partial charge in [-0.2, -0.15) is 0 Å². The SMILES string of the molecule is CC1(C)c2ccccc2-c2ccc(N(c3ccc(-c4ccc5c(c4)C4(c6ccccc6Oc6c4ccc4ccccc64)c4ccccc4-5)cc3)c3ccc4c(c3)C(C)(C)c3ccccc3-4)cc21. The second-order valence-electron chi connectivity index (χ2n) is 20.0. The van der Waals surface area contributed by atoms with Crippen molar-refractivity contribution in [1.82, 2.24) is 0 Å². The Kier molecular flexibility index (Phi) is 7.76. The molecule has 3 aliphatic carbocycles. The van der Waals surface area contributed by atoms with Crippen LogP contribution in [0, 0.1) is 0 Å². The molecule has 2 heteroatoms. The van der Waals surface area contributed by atoms with Gasteiger partial charge in [0.2, 0.25) is 0 Å². The molecule has 318 valence electrons. The topological polar surface area (TPSA) is 12.5 Å². The van der Waals surface area contributed by atoms with Crippen molar-refractivity contribution < 1.29 is 4.74 Å². The normalized spacial score (nSPS) is 16.8. The van der Waals surface area contributed by atoms with Gasteiger partial charge in [-0.15, -0.1) is 0 Å². The Morgan fingerprint density at radius 2 is 0.806 bits per heavy atom. The Morgan fingerprint density at radius 3 is 1.46 bits per heavy atom. The zero-order valence-corrected chi connectivity index (χ0v) is 38.1. The van der Waals surface area contributed by atoms with E-state index in [0.717, 1.165) is 33.9 Å². The number of hydrogen-bond donors (Lipinski definition) is 0. The lowest BCUT2D eigenvalue weighted by molar-refractivity contribution is 0.442. The van der Waals surface area contributed by atoms with Gasteiger partial charge in [0.1, 0.15) is 11.5 Å². The average molecular weight is 858 g/mol. The molecule has 1 unspecified atom stereocenters. The number of hydrogen-bond acceptors (Lipinski definition) is 2. The van der Waals surface area contributed by atoms with Crippen molar-refractivity contribution in [2.45, 2.75) is 43.9 Å². The summed E-state index contributed by atoms with van der Waals surface area (Å²) in [5, 5.41) is 2.30.